The molecule has 1 heterocycles. The van der Waals surface area contributed by atoms with Crippen LogP contribution in [0.5, 0.6) is 0 Å². The number of hydrogen-bond donors (Lipinski definition) is 0. The third kappa shape index (κ3) is 2.51. The highest BCUT2D eigenvalue weighted by atomic mass is 79.9. The van der Waals surface area contributed by atoms with Gasteiger partial charge >= 0.3 is 0 Å². The Kier molecular flexibility index (Phi) is 3.65. The van der Waals surface area contributed by atoms with E-state index in [4.69, 9.17) is 0 Å². The van der Waals surface area contributed by atoms with Crippen molar-refractivity contribution < 1.29 is 0 Å². The van der Waals surface area contributed by atoms with E-state index in [0.29, 0.717) is 16.7 Å². The van der Waals surface area contributed by atoms with Crippen LogP contribution < -0.4 is 5.56 Å². The van der Waals surface area contributed by atoms with Crippen LogP contribution in [-0.4, -0.2) is 9.55 Å². The summed E-state index contributed by atoms with van der Waals surface area (Å²) in [5.74, 6) is 0. The van der Waals surface area contributed by atoms with E-state index in [1.165, 1.54) is 5.56 Å². The quantitative estimate of drug-likeness (QED) is 0.690. The summed E-state index contributed by atoms with van der Waals surface area (Å²) in [5, 5.41) is 0.656. The Labute approximate surface area is 125 Å². The van der Waals surface area contributed by atoms with E-state index in [1.807, 2.05) is 42.5 Å². The second-order valence-electron chi connectivity index (χ2n) is 4.59. The van der Waals surface area contributed by atoms with E-state index < -0.39 is 0 Å². The first-order chi connectivity index (χ1) is 9.75. The number of para-hydroxylation sites is 1. The Morgan fingerprint density at radius 1 is 1.00 bits per heavy atom. The maximum atomic E-state index is 12.5. The largest absolute Gasteiger partial charge is 0.286 e. The molecule has 0 saturated carbocycles. The van der Waals surface area contributed by atoms with Gasteiger partial charge in [-0.15, -0.1) is 0 Å². The van der Waals surface area contributed by atoms with Crippen molar-refractivity contribution in [2.24, 2.45) is 0 Å². The molecule has 0 aliphatic heterocycles. The van der Waals surface area contributed by atoms with Gasteiger partial charge in [0, 0.05) is 6.54 Å². The summed E-state index contributed by atoms with van der Waals surface area (Å²) < 4.78 is 2.26. The lowest BCUT2D eigenvalue weighted by Crippen LogP contribution is -2.23. The van der Waals surface area contributed by atoms with Crippen LogP contribution in [0.15, 0.2) is 64.1 Å². The van der Waals surface area contributed by atoms with Gasteiger partial charge in [-0.25, -0.2) is 4.98 Å². The Morgan fingerprint density at radius 3 is 2.50 bits per heavy atom. The van der Waals surface area contributed by atoms with Crippen LogP contribution in [0.2, 0.25) is 0 Å². The van der Waals surface area contributed by atoms with Crippen molar-refractivity contribution in [2.75, 3.05) is 0 Å². The normalized spacial score (nSPS) is 10.8. The van der Waals surface area contributed by atoms with Gasteiger partial charge in [0.2, 0.25) is 0 Å². The average Bonchev–Trinajstić information content (AvgIpc) is 2.48. The molecule has 3 rings (SSSR count). The molecule has 0 unspecified atom stereocenters. The molecule has 0 fully saturated rings. The maximum Gasteiger partial charge on any atom is 0.262 e. The van der Waals surface area contributed by atoms with Crippen LogP contribution in [-0.2, 0) is 13.0 Å². The number of benzene rings is 2. The van der Waals surface area contributed by atoms with Gasteiger partial charge in [-0.3, -0.25) is 9.36 Å². The molecule has 0 radical (unpaired) electrons. The molecular formula is C16H13BrN2O. The van der Waals surface area contributed by atoms with Crippen molar-refractivity contribution in [3.05, 3.63) is 75.2 Å². The lowest BCUT2D eigenvalue weighted by molar-refractivity contribution is 0.645. The number of nitrogens with zero attached hydrogens (tertiary/aromatic N) is 2. The zero-order chi connectivity index (χ0) is 13.9. The highest BCUT2D eigenvalue weighted by Gasteiger charge is 2.08. The van der Waals surface area contributed by atoms with Gasteiger partial charge in [-0.1, -0.05) is 42.5 Å². The lowest BCUT2D eigenvalue weighted by Gasteiger charge is -2.09. The predicted octanol–water partition coefficient (Wildman–Crippen LogP) is 3.40. The SMILES string of the molecule is O=c1c2ccccc2nc(Br)n1CCc1ccccc1. The van der Waals surface area contributed by atoms with Crippen molar-refractivity contribution in [1.82, 2.24) is 9.55 Å². The molecule has 3 aromatic rings. The summed E-state index contributed by atoms with van der Waals surface area (Å²) >= 11 is 3.39. The maximum absolute atomic E-state index is 12.5. The van der Waals surface area contributed by atoms with Gasteiger partial charge in [0.25, 0.3) is 5.56 Å². The van der Waals surface area contributed by atoms with Crippen LogP contribution in [0, 0.1) is 0 Å². The lowest BCUT2D eigenvalue weighted by atomic mass is 10.1. The number of halogens is 1. The van der Waals surface area contributed by atoms with E-state index in [2.05, 4.69) is 33.0 Å². The van der Waals surface area contributed by atoms with Crippen molar-refractivity contribution in [3.8, 4) is 0 Å². The van der Waals surface area contributed by atoms with Crippen LogP contribution >= 0.6 is 15.9 Å². The number of aryl methyl sites for hydroxylation is 1. The van der Waals surface area contributed by atoms with Gasteiger partial charge in [-0.2, -0.15) is 0 Å². The summed E-state index contributed by atoms with van der Waals surface area (Å²) in [6, 6.07) is 17.5. The minimum Gasteiger partial charge on any atom is -0.286 e. The van der Waals surface area contributed by atoms with Gasteiger partial charge in [0.15, 0.2) is 4.73 Å². The van der Waals surface area contributed by atoms with Crippen LogP contribution in [0.1, 0.15) is 5.56 Å². The Hall–Kier alpha value is -1.94. The van der Waals surface area contributed by atoms with E-state index in [9.17, 15) is 4.79 Å². The van der Waals surface area contributed by atoms with Gasteiger partial charge in [0.05, 0.1) is 10.9 Å². The van der Waals surface area contributed by atoms with Crippen molar-refractivity contribution >= 4 is 26.8 Å². The smallest absolute Gasteiger partial charge is 0.262 e. The van der Waals surface area contributed by atoms with Crippen LogP contribution in [0.25, 0.3) is 10.9 Å². The fraction of sp³-hybridized carbons (Fsp3) is 0.125. The molecule has 0 saturated heterocycles. The molecule has 0 aliphatic carbocycles. The Morgan fingerprint density at radius 2 is 1.70 bits per heavy atom. The van der Waals surface area contributed by atoms with Gasteiger partial charge in [0.1, 0.15) is 0 Å². The number of hydrogen-bond acceptors (Lipinski definition) is 2. The van der Waals surface area contributed by atoms with Gasteiger partial charge in [-0.05, 0) is 40.0 Å². The van der Waals surface area contributed by atoms with Crippen LogP contribution in [0.4, 0.5) is 0 Å². The standard InChI is InChI=1S/C16H13BrN2O/c17-16-18-14-9-5-4-8-13(14)15(20)19(16)11-10-12-6-2-1-3-7-12/h1-9H,10-11H2. The fourth-order valence-electron chi connectivity index (χ4n) is 2.22. The minimum absolute atomic E-state index is 0.00148. The van der Waals surface area contributed by atoms with Crippen molar-refractivity contribution in [1.29, 1.82) is 0 Å². The fourth-order valence-corrected chi connectivity index (χ4v) is 2.75. The van der Waals surface area contributed by atoms with Gasteiger partial charge < -0.3 is 0 Å². The molecule has 0 N–H and O–H groups in total. The Bertz CT molecular complexity index is 796. The highest BCUT2D eigenvalue weighted by molar-refractivity contribution is 9.10. The Balaban J connectivity index is 1.97. The first-order valence-electron chi connectivity index (χ1n) is 6.45. The third-order valence-electron chi connectivity index (χ3n) is 3.28. The summed E-state index contributed by atoms with van der Waals surface area (Å²) in [7, 11) is 0. The molecule has 3 nitrogen and oxygen atoms in total. The molecule has 0 atom stereocenters. The van der Waals surface area contributed by atoms with Crippen LogP contribution in [0.3, 0.4) is 0 Å². The zero-order valence-corrected chi connectivity index (χ0v) is 12.4. The summed E-state index contributed by atoms with van der Waals surface area (Å²) in [6.07, 6.45) is 0.805. The number of rotatable bonds is 3. The molecular weight excluding hydrogens is 316 g/mol. The molecule has 4 heteroatoms. The number of fused-ring (bicyclic) bond motifs is 1. The highest BCUT2D eigenvalue weighted by Crippen LogP contribution is 2.12. The third-order valence-corrected chi connectivity index (χ3v) is 3.89. The molecule has 100 valence electrons. The minimum atomic E-state index is -0.00148. The molecule has 0 aliphatic rings. The molecule has 2 aromatic carbocycles. The first-order valence-corrected chi connectivity index (χ1v) is 7.24. The predicted molar refractivity (Wildman–Crippen MR) is 83.8 cm³/mol. The average molecular weight is 329 g/mol. The molecule has 0 bridgehead atoms. The van der Waals surface area contributed by atoms with E-state index in [0.717, 1.165) is 11.9 Å². The summed E-state index contributed by atoms with van der Waals surface area (Å²) in [5.41, 5.74) is 1.93. The van der Waals surface area contributed by atoms with E-state index in [-0.39, 0.29) is 5.56 Å². The zero-order valence-electron chi connectivity index (χ0n) is 10.8. The second kappa shape index (κ2) is 5.59. The summed E-state index contributed by atoms with van der Waals surface area (Å²) in [6.45, 7) is 0.612. The van der Waals surface area contributed by atoms with Crippen molar-refractivity contribution in [3.63, 3.8) is 0 Å². The molecule has 20 heavy (non-hydrogen) atoms. The first kappa shape index (κ1) is 13.1. The molecule has 0 spiro atoms. The monoisotopic (exact) mass is 328 g/mol. The molecule has 1 aromatic heterocycles. The van der Waals surface area contributed by atoms with Crippen molar-refractivity contribution in [2.45, 2.75) is 13.0 Å². The van der Waals surface area contributed by atoms with E-state index >= 15 is 0 Å². The molecule has 0 amide bonds. The van der Waals surface area contributed by atoms with E-state index in [1.54, 1.807) is 4.57 Å². The topological polar surface area (TPSA) is 34.9 Å². The number of aromatic nitrogens is 2. The second-order valence-corrected chi connectivity index (χ2v) is 5.30. The summed E-state index contributed by atoms with van der Waals surface area (Å²) in [4.78, 5) is 16.9.